The van der Waals surface area contributed by atoms with Gasteiger partial charge >= 0.3 is 0 Å². The Hall–Kier alpha value is -3.13. The molecule has 8 heteroatoms. The van der Waals surface area contributed by atoms with Gasteiger partial charge in [0.15, 0.2) is 6.61 Å². The molecule has 1 fully saturated rings. The van der Waals surface area contributed by atoms with Gasteiger partial charge in [-0.1, -0.05) is 66.2 Å². The molecule has 1 N–H and O–H groups in total. The first kappa shape index (κ1) is 25.5. The zero-order valence-corrected chi connectivity index (χ0v) is 22.3. The average Bonchev–Trinajstić information content (AvgIpc) is 3.48. The fourth-order valence-corrected chi connectivity index (χ4v) is 6.88. The van der Waals surface area contributed by atoms with E-state index in [1.165, 1.54) is 17.1 Å². The Morgan fingerprint density at radius 3 is 2.49 bits per heavy atom. The molecule has 0 atom stereocenters. The lowest BCUT2D eigenvalue weighted by Crippen LogP contribution is -2.24. The van der Waals surface area contributed by atoms with E-state index < -0.39 is 0 Å². The number of hydrogen-bond donors (Lipinski definition) is 1. The SMILES string of the molecule is O=C(COc1ccc(C2SCCS2)cc1)N/N=C\c1c(OCc2ccc(Cl)cc2)ccc2ccccc12. The van der Waals surface area contributed by atoms with Gasteiger partial charge in [0.2, 0.25) is 0 Å². The minimum atomic E-state index is -0.342. The van der Waals surface area contributed by atoms with E-state index in [1.54, 1.807) is 6.21 Å². The molecule has 37 heavy (non-hydrogen) atoms. The number of ether oxygens (including phenoxy) is 2. The summed E-state index contributed by atoms with van der Waals surface area (Å²) in [5, 5.41) is 6.90. The summed E-state index contributed by atoms with van der Waals surface area (Å²) in [5.41, 5.74) is 5.62. The van der Waals surface area contributed by atoms with Crippen LogP contribution in [0.25, 0.3) is 10.8 Å². The Bertz CT molecular complexity index is 1390. The van der Waals surface area contributed by atoms with E-state index in [9.17, 15) is 4.79 Å². The highest BCUT2D eigenvalue weighted by Crippen LogP contribution is 2.45. The summed E-state index contributed by atoms with van der Waals surface area (Å²) < 4.78 is 12.2. The van der Waals surface area contributed by atoms with Gasteiger partial charge < -0.3 is 9.47 Å². The number of nitrogens with zero attached hydrogens (tertiary/aromatic N) is 1. The molecule has 5 nitrogen and oxygen atoms in total. The first-order valence-corrected chi connectivity index (χ1v) is 14.3. The second-order valence-electron chi connectivity index (χ2n) is 8.34. The molecule has 1 heterocycles. The zero-order chi connectivity index (χ0) is 25.5. The maximum absolute atomic E-state index is 12.4. The summed E-state index contributed by atoms with van der Waals surface area (Å²) in [6, 6.07) is 27.4. The van der Waals surface area contributed by atoms with Gasteiger partial charge in [0.05, 0.1) is 10.8 Å². The van der Waals surface area contributed by atoms with Crippen LogP contribution in [0.1, 0.15) is 21.3 Å². The number of halogens is 1. The Morgan fingerprint density at radius 2 is 1.70 bits per heavy atom. The minimum Gasteiger partial charge on any atom is -0.488 e. The standard InChI is InChI=1S/C29H25ClN2O3S2/c30-23-10-5-20(6-11-23)18-35-27-14-9-21-3-1-2-4-25(21)26(27)17-31-32-28(33)19-34-24-12-7-22(8-13-24)29-36-15-16-37-29/h1-14,17,29H,15-16,18-19H2,(H,32,33)/b31-17-. The van der Waals surface area contributed by atoms with Crippen LogP contribution in [0, 0.1) is 0 Å². The van der Waals surface area contributed by atoms with Crippen LogP contribution in [-0.4, -0.2) is 30.2 Å². The van der Waals surface area contributed by atoms with Crippen molar-refractivity contribution in [2.75, 3.05) is 18.1 Å². The quantitative estimate of drug-likeness (QED) is 0.179. The number of fused-ring (bicyclic) bond motifs is 1. The van der Waals surface area contributed by atoms with Crippen molar-refractivity contribution in [1.82, 2.24) is 5.43 Å². The minimum absolute atomic E-state index is 0.126. The lowest BCUT2D eigenvalue weighted by Gasteiger charge is -2.12. The highest BCUT2D eigenvalue weighted by atomic mass is 35.5. The second kappa shape index (κ2) is 12.4. The fourth-order valence-electron chi connectivity index (χ4n) is 3.90. The average molecular weight is 549 g/mol. The maximum atomic E-state index is 12.4. The molecule has 1 amide bonds. The first-order chi connectivity index (χ1) is 18.2. The molecule has 188 valence electrons. The molecule has 0 aromatic heterocycles. The number of amides is 1. The van der Waals surface area contributed by atoms with Gasteiger partial charge in [-0.3, -0.25) is 4.79 Å². The summed E-state index contributed by atoms with van der Waals surface area (Å²) in [7, 11) is 0. The van der Waals surface area contributed by atoms with Gasteiger partial charge in [0.1, 0.15) is 18.1 Å². The predicted molar refractivity (Wildman–Crippen MR) is 155 cm³/mol. The maximum Gasteiger partial charge on any atom is 0.277 e. The van der Waals surface area contributed by atoms with Crippen LogP contribution in [0.5, 0.6) is 11.5 Å². The number of thioether (sulfide) groups is 2. The van der Waals surface area contributed by atoms with Crippen molar-refractivity contribution < 1.29 is 14.3 Å². The molecule has 4 aromatic rings. The van der Waals surface area contributed by atoms with Crippen LogP contribution in [0.2, 0.25) is 5.02 Å². The van der Waals surface area contributed by atoms with Gasteiger partial charge in [0.25, 0.3) is 5.91 Å². The Kier molecular flexibility index (Phi) is 8.56. The van der Waals surface area contributed by atoms with Crippen LogP contribution < -0.4 is 14.9 Å². The zero-order valence-electron chi connectivity index (χ0n) is 19.9. The predicted octanol–water partition coefficient (Wildman–Crippen LogP) is 7.08. The van der Waals surface area contributed by atoms with Crippen molar-refractivity contribution in [1.29, 1.82) is 0 Å². The molecule has 5 rings (SSSR count). The van der Waals surface area contributed by atoms with E-state index in [4.69, 9.17) is 21.1 Å². The second-order valence-corrected chi connectivity index (χ2v) is 11.5. The van der Waals surface area contributed by atoms with Crippen molar-refractivity contribution in [3.05, 3.63) is 107 Å². The van der Waals surface area contributed by atoms with Gasteiger partial charge in [-0.2, -0.15) is 5.10 Å². The van der Waals surface area contributed by atoms with Crippen LogP contribution >= 0.6 is 35.1 Å². The van der Waals surface area contributed by atoms with E-state index in [0.29, 0.717) is 27.7 Å². The topological polar surface area (TPSA) is 59.9 Å². The number of hydrazone groups is 1. The third-order valence-corrected chi connectivity index (χ3v) is 9.12. The molecule has 0 spiro atoms. The van der Waals surface area contributed by atoms with Crippen molar-refractivity contribution >= 4 is 58.0 Å². The molecule has 1 aliphatic heterocycles. The van der Waals surface area contributed by atoms with Crippen molar-refractivity contribution in [3.63, 3.8) is 0 Å². The first-order valence-electron chi connectivity index (χ1n) is 11.8. The molecule has 0 unspecified atom stereocenters. The van der Waals surface area contributed by atoms with Gasteiger partial charge in [-0.25, -0.2) is 5.43 Å². The van der Waals surface area contributed by atoms with Gasteiger partial charge in [-0.15, -0.1) is 23.5 Å². The van der Waals surface area contributed by atoms with Crippen molar-refractivity contribution in [3.8, 4) is 11.5 Å². The summed E-state index contributed by atoms with van der Waals surface area (Å²) in [6.45, 7) is 0.256. The van der Waals surface area contributed by atoms with Crippen LogP contribution in [0.15, 0.2) is 90.0 Å². The number of rotatable bonds is 9. The molecule has 1 aliphatic rings. The Balaban J connectivity index is 1.21. The lowest BCUT2D eigenvalue weighted by molar-refractivity contribution is -0.123. The number of carbonyl (C=O) groups is 1. The van der Waals surface area contributed by atoms with E-state index in [2.05, 4.69) is 22.7 Å². The molecule has 0 radical (unpaired) electrons. The number of carbonyl (C=O) groups excluding carboxylic acids is 1. The molecule has 0 bridgehead atoms. The third-order valence-electron chi connectivity index (χ3n) is 5.77. The molecule has 4 aromatic carbocycles. The summed E-state index contributed by atoms with van der Waals surface area (Å²) in [4.78, 5) is 12.4. The molecule has 0 saturated carbocycles. The van der Waals surface area contributed by atoms with Crippen molar-refractivity contribution in [2.24, 2.45) is 5.10 Å². The highest BCUT2D eigenvalue weighted by molar-refractivity contribution is 8.19. The summed E-state index contributed by atoms with van der Waals surface area (Å²) in [6.07, 6.45) is 1.61. The third kappa shape index (κ3) is 6.80. The van der Waals surface area contributed by atoms with Crippen LogP contribution in [-0.2, 0) is 11.4 Å². The smallest absolute Gasteiger partial charge is 0.277 e. The van der Waals surface area contributed by atoms with Gasteiger partial charge in [-0.05, 0) is 52.2 Å². The Labute approximate surface area is 229 Å². The van der Waals surface area contributed by atoms with Crippen LogP contribution in [0.4, 0.5) is 0 Å². The highest BCUT2D eigenvalue weighted by Gasteiger charge is 2.18. The monoisotopic (exact) mass is 548 g/mol. The van der Waals surface area contributed by atoms with E-state index in [1.807, 2.05) is 96.3 Å². The van der Waals surface area contributed by atoms with Gasteiger partial charge in [0, 0.05) is 22.1 Å². The summed E-state index contributed by atoms with van der Waals surface area (Å²) >= 11 is 9.90. The van der Waals surface area contributed by atoms with Crippen molar-refractivity contribution in [2.45, 2.75) is 11.2 Å². The van der Waals surface area contributed by atoms with Crippen LogP contribution in [0.3, 0.4) is 0 Å². The molecular formula is C29H25ClN2O3S2. The Morgan fingerprint density at radius 1 is 0.946 bits per heavy atom. The normalized spacial score (nSPS) is 13.8. The van der Waals surface area contributed by atoms with E-state index >= 15 is 0 Å². The molecule has 0 aliphatic carbocycles. The van der Waals surface area contributed by atoms with E-state index in [-0.39, 0.29) is 12.5 Å². The van der Waals surface area contributed by atoms with E-state index in [0.717, 1.165) is 21.9 Å². The lowest BCUT2D eigenvalue weighted by atomic mass is 10.0. The number of nitrogens with one attached hydrogen (secondary N) is 1. The fraction of sp³-hybridized carbons (Fsp3) is 0.172. The largest absolute Gasteiger partial charge is 0.488 e. The molecule has 1 saturated heterocycles. The molecular weight excluding hydrogens is 524 g/mol. The summed E-state index contributed by atoms with van der Waals surface area (Å²) in [5.74, 6) is 3.35. The number of benzene rings is 4. The number of hydrogen-bond acceptors (Lipinski definition) is 6.